The Kier molecular flexibility index (Phi) is 4.62. The molecule has 1 rings (SSSR count). The average molecular weight is 240 g/mol. The number of esters is 1. The molecule has 1 aromatic rings. The minimum Gasteiger partial charge on any atom is -0.469 e. The number of nitrogens with one attached hydrogen (secondary N) is 1. The van der Waals surface area contributed by atoms with Crippen LogP contribution in [0, 0.1) is 5.41 Å². The monoisotopic (exact) mass is 240 g/mol. The van der Waals surface area contributed by atoms with Crippen molar-refractivity contribution in [1.29, 1.82) is 0 Å². The molecule has 0 unspecified atom stereocenters. The summed E-state index contributed by atoms with van der Waals surface area (Å²) in [7, 11) is 3.32. The smallest absolute Gasteiger partial charge is 0.312 e. The maximum absolute atomic E-state index is 11.4. The van der Waals surface area contributed by atoms with E-state index in [1.54, 1.807) is 6.33 Å². The minimum absolute atomic E-state index is 0.205. The lowest BCUT2D eigenvalue weighted by atomic mass is 9.94. The summed E-state index contributed by atoms with van der Waals surface area (Å²) >= 11 is 0. The van der Waals surface area contributed by atoms with Crippen molar-refractivity contribution in [3.05, 3.63) is 12.2 Å². The lowest BCUT2D eigenvalue weighted by molar-refractivity contribution is -0.150. The molecule has 0 fully saturated rings. The number of carbonyl (C=O) groups is 1. The van der Waals surface area contributed by atoms with Gasteiger partial charge in [0.2, 0.25) is 0 Å². The van der Waals surface area contributed by atoms with Crippen LogP contribution >= 0.6 is 0 Å². The highest BCUT2D eigenvalue weighted by molar-refractivity contribution is 5.76. The van der Waals surface area contributed by atoms with Gasteiger partial charge in [-0.15, -0.1) is 10.2 Å². The van der Waals surface area contributed by atoms with Gasteiger partial charge in [0.15, 0.2) is 0 Å². The van der Waals surface area contributed by atoms with Crippen LogP contribution in [0.2, 0.25) is 0 Å². The van der Waals surface area contributed by atoms with Crippen LogP contribution in [0.4, 0.5) is 0 Å². The summed E-state index contributed by atoms with van der Waals surface area (Å²) in [6.07, 6.45) is 2.46. The van der Waals surface area contributed by atoms with E-state index in [0.29, 0.717) is 6.54 Å². The second-order valence-electron chi connectivity index (χ2n) is 4.66. The molecule has 6 nitrogen and oxygen atoms in total. The van der Waals surface area contributed by atoms with Gasteiger partial charge >= 0.3 is 5.97 Å². The van der Waals surface area contributed by atoms with Gasteiger partial charge in [-0.05, 0) is 13.8 Å². The topological polar surface area (TPSA) is 69.0 Å². The summed E-state index contributed by atoms with van der Waals surface area (Å²) in [6.45, 7) is 5.05. The van der Waals surface area contributed by atoms with Crippen molar-refractivity contribution in [3.63, 3.8) is 0 Å². The third-order valence-electron chi connectivity index (χ3n) is 2.64. The molecule has 0 atom stereocenters. The number of aromatic nitrogens is 3. The fourth-order valence-electron chi connectivity index (χ4n) is 1.48. The normalized spacial score (nSPS) is 11.5. The molecule has 6 heteroatoms. The molecular weight excluding hydrogens is 220 g/mol. The number of hydrogen-bond donors (Lipinski definition) is 1. The SMILES string of the molecule is COC(=O)C(C)(C)CNCCc1nncn1C. The Morgan fingerprint density at radius 2 is 2.29 bits per heavy atom. The van der Waals surface area contributed by atoms with Gasteiger partial charge in [-0.25, -0.2) is 0 Å². The first-order valence-electron chi connectivity index (χ1n) is 5.59. The summed E-state index contributed by atoms with van der Waals surface area (Å²) in [5.74, 6) is 0.719. The zero-order chi connectivity index (χ0) is 12.9. The van der Waals surface area contributed by atoms with Crippen molar-refractivity contribution in [2.75, 3.05) is 20.2 Å². The van der Waals surface area contributed by atoms with E-state index in [2.05, 4.69) is 15.5 Å². The Balaban J connectivity index is 2.29. The van der Waals surface area contributed by atoms with E-state index in [0.717, 1.165) is 18.8 Å². The van der Waals surface area contributed by atoms with Crippen LogP contribution in [0.15, 0.2) is 6.33 Å². The summed E-state index contributed by atoms with van der Waals surface area (Å²) in [5.41, 5.74) is -0.505. The Morgan fingerprint density at radius 1 is 1.59 bits per heavy atom. The molecule has 17 heavy (non-hydrogen) atoms. The third-order valence-corrected chi connectivity index (χ3v) is 2.64. The summed E-state index contributed by atoms with van der Waals surface area (Å²) in [6, 6.07) is 0. The molecule has 0 aliphatic carbocycles. The molecular formula is C11H20N4O2. The first-order chi connectivity index (χ1) is 7.97. The number of aryl methyl sites for hydroxylation is 1. The van der Waals surface area contributed by atoms with Gasteiger partial charge in [0, 0.05) is 26.6 Å². The van der Waals surface area contributed by atoms with Gasteiger partial charge in [-0.3, -0.25) is 4.79 Å². The maximum atomic E-state index is 11.4. The van der Waals surface area contributed by atoms with E-state index in [-0.39, 0.29) is 5.97 Å². The molecule has 1 aromatic heterocycles. The first-order valence-corrected chi connectivity index (χ1v) is 5.59. The van der Waals surface area contributed by atoms with Gasteiger partial charge in [-0.1, -0.05) is 0 Å². The highest BCUT2D eigenvalue weighted by atomic mass is 16.5. The van der Waals surface area contributed by atoms with Crippen molar-refractivity contribution >= 4 is 5.97 Å². The molecule has 0 saturated heterocycles. The minimum atomic E-state index is -0.505. The average Bonchev–Trinajstić information content (AvgIpc) is 2.69. The predicted molar refractivity (Wildman–Crippen MR) is 63.4 cm³/mol. The second-order valence-corrected chi connectivity index (χ2v) is 4.66. The number of carbonyl (C=O) groups excluding carboxylic acids is 1. The number of methoxy groups -OCH3 is 1. The first kappa shape index (κ1) is 13.6. The zero-order valence-corrected chi connectivity index (χ0v) is 10.9. The Labute approximate surface area is 101 Å². The molecule has 96 valence electrons. The van der Waals surface area contributed by atoms with Crippen LogP contribution in [-0.2, 0) is 23.0 Å². The van der Waals surface area contributed by atoms with E-state index in [1.807, 2.05) is 25.5 Å². The lowest BCUT2D eigenvalue weighted by Gasteiger charge is -2.21. The molecule has 0 saturated carbocycles. The summed E-state index contributed by atoms with van der Waals surface area (Å²) in [5, 5.41) is 11.0. The van der Waals surface area contributed by atoms with Crippen molar-refractivity contribution in [3.8, 4) is 0 Å². The quantitative estimate of drug-likeness (QED) is 0.566. The van der Waals surface area contributed by atoms with Crippen molar-refractivity contribution in [2.45, 2.75) is 20.3 Å². The Bertz CT molecular complexity index is 373. The van der Waals surface area contributed by atoms with Crippen LogP contribution in [0.3, 0.4) is 0 Å². The van der Waals surface area contributed by atoms with Crippen LogP contribution in [0.25, 0.3) is 0 Å². The van der Waals surface area contributed by atoms with E-state index < -0.39 is 5.41 Å². The van der Waals surface area contributed by atoms with Crippen molar-refractivity contribution in [2.24, 2.45) is 12.5 Å². The van der Waals surface area contributed by atoms with Gasteiger partial charge in [-0.2, -0.15) is 0 Å². The number of nitrogens with zero attached hydrogens (tertiary/aromatic N) is 3. The van der Waals surface area contributed by atoms with Gasteiger partial charge < -0.3 is 14.6 Å². The zero-order valence-electron chi connectivity index (χ0n) is 10.9. The molecule has 0 spiro atoms. The highest BCUT2D eigenvalue weighted by Gasteiger charge is 2.27. The lowest BCUT2D eigenvalue weighted by Crippen LogP contribution is -2.37. The standard InChI is InChI=1S/C11H20N4O2/c1-11(2,10(16)17-4)7-12-6-5-9-14-13-8-15(9)3/h8,12H,5-7H2,1-4H3. The van der Waals surface area contributed by atoms with Crippen LogP contribution in [0.5, 0.6) is 0 Å². The summed E-state index contributed by atoms with van der Waals surface area (Å²) in [4.78, 5) is 11.4. The molecule has 0 aliphatic rings. The number of ether oxygens (including phenoxy) is 1. The second kappa shape index (κ2) is 5.77. The number of hydrogen-bond acceptors (Lipinski definition) is 5. The molecule has 0 aliphatic heterocycles. The van der Waals surface area contributed by atoms with Crippen LogP contribution in [0.1, 0.15) is 19.7 Å². The fourth-order valence-corrected chi connectivity index (χ4v) is 1.48. The third kappa shape index (κ3) is 3.81. The molecule has 1 N–H and O–H groups in total. The summed E-state index contributed by atoms with van der Waals surface area (Å²) < 4.78 is 6.61. The van der Waals surface area contributed by atoms with E-state index in [1.165, 1.54) is 7.11 Å². The van der Waals surface area contributed by atoms with E-state index >= 15 is 0 Å². The molecule has 0 radical (unpaired) electrons. The molecule has 1 heterocycles. The van der Waals surface area contributed by atoms with E-state index in [9.17, 15) is 4.79 Å². The van der Waals surface area contributed by atoms with Gasteiger partial charge in [0.05, 0.1) is 12.5 Å². The highest BCUT2D eigenvalue weighted by Crippen LogP contribution is 2.15. The van der Waals surface area contributed by atoms with Crippen LogP contribution < -0.4 is 5.32 Å². The predicted octanol–water partition coefficient (Wildman–Crippen LogP) is 0.146. The van der Waals surface area contributed by atoms with Crippen LogP contribution in [-0.4, -0.2) is 40.9 Å². The fraction of sp³-hybridized carbons (Fsp3) is 0.727. The molecule has 0 bridgehead atoms. The Hall–Kier alpha value is -1.43. The van der Waals surface area contributed by atoms with E-state index in [4.69, 9.17) is 4.74 Å². The van der Waals surface area contributed by atoms with Gasteiger partial charge in [0.1, 0.15) is 12.2 Å². The maximum Gasteiger partial charge on any atom is 0.312 e. The largest absolute Gasteiger partial charge is 0.469 e. The molecule has 0 aromatic carbocycles. The van der Waals surface area contributed by atoms with Gasteiger partial charge in [0.25, 0.3) is 0 Å². The molecule has 0 amide bonds. The van der Waals surface area contributed by atoms with Crippen molar-refractivity contribution in [1.82, 2.24) is 20.1 Å². The Morgan fingerprint density at radius 3 is 2.82 bits per heavy atom. The number of rotatable bonds is 6. The van der Waals surface area contributed by atoms with Crippen molar-refractivity contribution < 1.29 is 9.53 Å².